The van der Waals surface area contributed by atoms with Gasteiger partial charge in [-0.25, -0.2) is 0 Å². The minimum atomic E-state index is -4.55. The molecule has 2 rings (SSSR count). The molecule has 0 spiro atoms. The summed E-state index contributed by atoms with van der Waals surface area (Å²) in [5, 5.41) is 8.88. The van der Waals surface area contributed by atoms with Crippen molar-refractivity contribution in [2.75, 3.05) is 26.2 Å². The van der Waals surface area contributed by atoms with Gasteiger partial charge < -0.3 is 4.90 Å². The number of alkyl halides is 3. The highest BCUT2D eigenvalue weighted by Gasteiger charge is 2.33. The lowest BCUT2D eigenvalue weighted by atomic mass is 10.0. The Hall–Kier alpha value is -2.04. The molecule has 1 fully saturated rings. The van der Waals surface area contributed by atoms with Crippen molar-refractivity contribution in [2.45, 2.75) is 26.1 Å². The molecule has 1 heterocycles. The molecule has 1 aliphatic heterocycles. The van der Waals surface area contributed by atoms with E-state index in [-0.39, 0.29) is 28.5 Å². The number of hydrogen-bond acceptors (Lipinski definition) is 3. The van der Waals surface area contributed by atoms with Gasteiger partial charge in [0.15, 0.2) is 0 Å². The summed E-state index contributed by atoms with van der Waals surface area (Å²) in [6.45, 7) is 6.10. The first-order valence-corrected chi connectivity index (χ1v) is 8.98. The van der Waals surface area contributed by atoms with Gasteiger partial charge in [-0.3, -0.25) is 9.69 Å². The molecular formula is C19H21ClF3N3O. The van der Waals surface area contributed by atoms with Crippen LogP contribution in [-0.2, 0) is 11.0 Å². The van der Waals surface area contributed by atoms with Gasteiger partial charge in [-0.15, -0.1) is 0 Å². The van der Waals surface area contributed by atoms with Crippen molar-refractivity contribution in [3.8, 4) is 6.07 Å². The molecule has 1 saturated heterocycles. The number of rotatable bonds is 4. The predicted molar refractivity (Wildman–Crippen MR) is 97.9 cm³/mol. The maximum atomic E-state index is 12.9. The highest BCUT2D eigenvalue weighted by molar-refractivity contribution is 6.31. The standard InChI is InChI=1S/C19H21ClF3N3O/c1-13(2)17(12-24)25-7-9-26(10-8-25)18(27)6-4-14-3-5-16(20)15(11-14)19(21,22)23/h3-6,11,13,17H,7-10H2,1-2H3/b6-4+. The molecule has 1 aliphatic rings. The number of hydrogen-bond donors (Lipinski definition) is 0. The Balaban J connectivity index is 2.00. The lowest BCUT2D eigenvalue weighted by molar-refractivity contribution is -0.137. The molecule has 0 saturated carbocycles. The quantitative estimate of drug-likeness (QED) is 0.717. The van der Waals surface area contributed by atoms with Crippen LogP contribution < -0.4 is 0 Å². The van der Waals surface area contributed by atoms with Crippen LogP contribution in [0.2, 0.25) is 5.02 Å². The topological polar surface area (TPSA) is 47.3 Å². The normalized spacial score (nSPS) is 17.3. The van der Waals surface area contributed by atoms with Crippen molar-refractivity contribution < 1.29 is 18.0 Å². The summed E-state index contributed by atoms with van der Waals surface area (Å²) in [6, 6.07) is 5.62. The largest absolute Gasteiger partial charge is 0.417 e. The zero-order chi connectivity index (χ0) is 20.2. The maximum Gasteiger partial charge on any atom is 0.417 e. The summed E-state index contributed by atoms with van der Waals surface area (Å²) >= 11 is 5.59. The lowest BCUT2D eigenvalue weighted by Crippen LogP contribution is -2.52. The number of nitrogens with zero attached hydrogens (tertiary/aromatic N) is 3. The van der Waals surface area contributed by atoms with Crippen molar-refractivity contribution in [2.24, 2.45) is 5.92 Å². The first-order chi connectivity index (χ1) is 12.6. The van der Waals surface area contributed by atoms with E-state index in [1.807, 2.05) is 18.7 Å². The number of nitriles is 1. The molecule has 1 unspecified atom stereocenters. The Kier molecular flexibility index (Phi) is 6.90. The van der Waals surface area contributed by atoms with E-state index in [1.165, 1.54) is 24.3 Å². The summed E-state index contributed by atoms with van der Waals surface area (Å²) in [4.78, 5) is 16.0. The van der Waals surface area contributed by atoms with E-state index in [1.54, 1.807) is 4.90 Å². The molecule has 1 atom stereocenters. The van der Waals surface area contributed by atoms with Gasteiger partial charge in [-0.2, -0.15) is 18.4 Å². The summed E-state index contributed by atoms with van der Waals surface area (Å²) in [7, 11) is 0. The zero-order valence-electron chi connectivity index (χ0n) is 15.1. The van der Waals surface area contributed by atoms with E-state index in [0.29, 0.717) is 26.2 Å². The average Bonchev–Trinajstić information content (AvgIpc) is 2.60. The van der Waals surface area contributed by atoms with Crippen LogP contribution in [0.3, 0.4) is 0 Å². The van der Waals surface area contributed by atoms with E-state index in [4.69, 9.17) is 11.6 Å². The van der Waals surface area contributed by atoms with Gasteiger partial charge in [0, 0.05) is 32.3 Å². The van der Waals surface area contributed by atoms with Crippen LogP contribution in [0.4, 0.5) is 13.2 Å². The number of carbonyl (C=O) groups excluding carboxylic acids is 1. The molecule has 8 heteroatoms. The Morgan fingerprint density at radius 3 is 2.41 bits per heavy atom. The molecule has 0 N–H and O–H groups in total. The van der Waals surface area contributed by atoms with Crippen molar-refractivity contribution in [1.29, 1.82) is 5.26 Å². The molecule has 27 heavy (non-hydrogen) atoms. The van der Waals surface area contributed by atoms with Gasteiger partial charge >= 0.3 is 6.18 Å². The van der Waals surface area contributed by atoms with E-state index in [0.717, 1.165) is 6.07 Å². The van der Waals surface area contributed by atoms with Gasteiger partial charge in [0.1, 0.15) is 6.04 Å². The second kappa shape index (κ2) is 8.77. The second-order valence-electron chi connectivity index (χ2n) is 6.75. The molecule has 1 aromatic rings. The summed E-state index contributed by atoms with van der Waals surface area (Å²) in [6.07, 6.45) is -1.93. The van der Waals surface area contributed by atoms with Crippen LogP contribution in [0.5, 0.6) is 0 Å². The molecule has 0 aliphatic carbocycles. The van der Waals surface area contributed by atoms with Gasteiger partial charge in [0.2, 0.25) is 5.91 Å². The number of piperazine rings is 1. The predicted octanol–water partition coefficient (Wildman–Crippen LogP) is 4.06. The monoisotopic (exact) mass is 399 g/mol. The van der Waals surface area contributed by atoms with E-state index in [2.05, 4.69) is 6.07 Å². The van der Waals surface area contributed by atoms with Crippen LogP contribution >= 0.6 is 11.6 Å². The Bertz CT molecular complexity index is 748. The first-order valence-electron chi connectivity index (χ1n) is 8.61. The van der Waals surface area contributed by atoms with E-state index >= 15 is 0 Å². The third kappa shape index (κ3) is 5.47. The van der Waals surface area contributed by atoms with E-state index < -0.39 is 11.7 Å². The number of halogens is 4. The number of carbonyl (C=O) groups is 1. The molecule has 0 radical (unpaired) electrons. The maximum absolute atomic E-state index is 12.9. The van der Waals surface area contributed by atoms with Crippen LogP contribution in [0.25, 0.3) is 6.08 Å². The van der Waals surface area contributed by atoms with Gasteiger partial charge in [0.25, 0.3) is 0 Å². The van der Waals surface area contributed by atoms with Gasteiger partial charge in [-0.1, -0.05) is 31.5 Å². The van der Waals surface area contributed by atoms with Gasteiger partial charge in [-0.05, 0) is 29.7 Å². The fourth-order valence-corrected chi connectivity index (χ4v) is 3.23. The van der Waals surface area contributed by atoms with Crippen LogP contribution in [0.1, 0.15) is 25.0 Å². The third-order valence-corrected chi connectivity index (χ3v) is 4.83. The molecule has 1 aromatic carbocycles. The lowest BCUT2D eigenvalue weighted by Gasteiger charge is -2.37. The summed E-state index contributed by atoms with van der Waals surface area (Å²) in [5.74, 6) is -0.0684. The van der Waals surface area contributed by atoms with Crippen molar-refractivity contribution in [1.82, 2.24) is 9.80 Å². The highest BCUT2D eigenvalue weighted by Crippen LogP contribution is 2.35. The molecule has 146 valence electrons. The number of amides is 1. The van der Waals surface area contributed by atoms with Crippen molar-refractivity contribution >= 4 is 23.6 Å². The molecular weight excluding hydrogens is 379 g/mol. The summed E-state index contributed by atoms with van der Waals surface area (Å²) < 4.78 is 38.7. The summed E-state index contributed by atoms with van der Waals surface area (Å²) in [5.41, 5.74) is -0.674. The molecule has 0 aromatic heterocycles. The van der Waals surface area contributed by atoms with Crippen molar-refractivity contribution in [3.05, 3.63) is 40.4 Å². The fraction of sp³-hybridized carbons (Fsp3) is 0.474. The smallest absolute Gasteiger partial charge is 0.337 e. The molecule has 0 bridgehead atoms. The fourth-order valence-electron chi connectivity index (χ4n) is 3.01. The first kappa shape index (κ1) is 21.3. The molecule has 1 amide bonds. The van der Waals surface area contributed by atoms with Crippen LogP contribution in [-0.4, -0.2) is 47.9 Å². The Labute approximate surface area is 161 Å². The van der Waals surface area contributed by atoms with Crippen LogP contribution in [0.15, 0.2) is 24.3 Å². The second-order valence-corrected chi connectivity index (χ2v) is 7.16. The minimum absolute atomic E-state index is 0.187. The Morgan fingerprint density at radius 2 is 1.89 bits per heavy atom. The van der Waals surface area contributed by atoms with Crippen LogP contribution in [0, 0.1) is 17.2 Å². The van der Waals surface area contributed by atoms with Crippen molar-refractivity contribution in [3.63, 3.8) is 0 Å². The number of benzene rings is 1. The SMILES string of the molecule is CC(C)C(C#N)N1CCN(C(=O)/C=C/c2ccc(Cl)c(C(F)(F)F)c2)CC1. The third-order valence-electron chi connectivity index (χ3n) is 4.50. The Morgan fingerprint density at radius 1 is 1.26 bits per heavy atom. The average molecular weight is 400 g/mol. The minimum Gasteiger partial charge on any atom is -0.337 e. The highest BCUT2D eigenvalue weighted by atomic mass is 35.5. The molecule has 4 nitrogen and oxygen atoms in total. The zero-order valence-corrected chi connectivity index (χ0v) is 15.9. The van der Waals surface area contributed by atoms with E-state index in [9.17, 15) is 23.2 Å². The van der Waals surface area contributed by atoms with Gasteiger partial charge in [0.05, 0.1) is 16.7 Å².